The van der Waals surface area contributed by atoms with Crippen molar-refractivity contribution in [3.63, 3.8) is 0 Å². The predicted octanol–water partition coefficient (Wildman–Crippen LogP) is 3.85. The summed E-state index contributed by atoms with van der Waals surface area (Å²) in [6.45, 7) is 6.00. The third kappa shape index (κ3) is 3.15. The van der Waals surface area contributed by atoms with E-state index in [9.17, 15) is 0 Å². The Balaban J connectivity index is 2.21. The lowest BCUT2D eigenvalue weighted by Crippen LogP contribution is -2.45. The Labute approximate surface area is 116 Å². The number of anilines is 1. The molecule has 2 rings (SSSR count). The summed E-state index contributed by atoms with van der Waals surface area (Å²) in [6, 6.07) is 6.24. The summed E-state index contributed by atoms with van der Waals surface area (Å²) in [5.74, 6) is 0. The fourth-order valence-electron chi connectivity index (χ4n) is 2.26. The highest BCUT2D eigenvalue weighted by atomic mass is 79.9. The zero-order valence-electron chi connectivity index (χ0n) is 10.1. The average molecular weight is 319 g/mol. The number of halogens is 2. The van der Waals surface area contributed by atoms with Gasteiger partial charge in [0, 0.05) is 18.4 Å². The lowest BCUT2D eigenvalue weighted by Gasteiger charge is -2.37. The van der Waals surface area contributed by atoms with E-state index in [1.54, 1.807) is 0 Å². The Kier molecular flexibility index (Phi) is 4.34. The summed E-state index contributed by atoms with van der Waals surface area (Å²) < 4.78 is 5.73. The van der Waals surface area contributed by atoms with Gasteiger partial charge in [-0.05, 0) is 31.5 Å². The van der Waals surface area contributed by atoms with E-state index in [1.807, 2.05) is 6.07 Å². The van der Waals surface area contributed by atoms with Crippen LogP contribution in [0.4, 0.5) is 5.69 Å². The second-order valence-corrected chi connectivity index (χ2v) is 5.55. The predicted molar refractivity (Wildman–Crippen MR) is 76.3 cm³/mol. The molecule has 0 saturated carbocycles. The molecule has 1 aromatic carbocycles. The van der Waals surface area contributed by atoms with Crippen LogP contribution in [-0.4, -0.2) is 25.3 Å². The second-order valence-electron chi connectivity index (χ2n) is 4.58. The molecule has 1 saturated heterocycles. The van der Waals surface area contributed by atoms with E-state index in [0.717, 1.165) is 29.1 Å². The molecule has 0 aliphatic carbocycles. The Morgan fingerprint density at radius 2 is 2.00 bits per heavy atom. The summed E-state index contributed by atoms with van der Waals surface area (Å²) in [7, 11) is 0. The smallest absolute Gasteiger partial charge is 0.0726 e. The molecule has 94 valence electrons. The monoisotopic (exact) mass is 317 g/mol. The van der Waals surface area contributed by atoms with E-state index in [2.05, 4.69) is 46.8 Å². The Bertz CT molecular complexity index is 389. The second kappa shape index (κ2) is 5.59. The number of morpholine rings is 1. The first-order valence-electron chi connectivity index (χ1n) is 5.85. The van der Waals surface area contributed by atoms with Crippen LogP contribution in [0.25, 0.3) is 0 Å². The molecule has 0 radical (unpaired) electrons. The summed E-state index contributed by atoms with van der Waals surface area (Å²) in [4.78, 5) is 2.30. The number of benzene rings is 1. The van der Waals surface area contributed by atoms with E-state index in [0.29, 0.717) is 0 Å². The molecule has 1 aliphatic heterocycles. The molecule has 17 heavy (non-hydrogen) atoms. The number of nitrogens with zero attached hydrogens (tertiary/aromatic N) is 1. The van der Waals surface area contributed by atoms with Gasteiger partial charge in [0.25, 0.3) is 0 Å². The zero-order valence-corrected chi connectivity index (χ0v) is 12.5. The molecule has 1 aliphatic rings. The molecule has 2 atom stereocenters. The molecule has 0 N–H and O–H groups in total. The largest absolute Gasteiger partial charge is 0.372 e. The Morgan fingerprint density at radius 3 is 2.53 bits per heavy atom. The third-order valence-corrected chi connectivity index (χ3v) is 3.88. The fourth-order valence-corrected chi connectivity index (χ4v) is 2.94. The van der Waals surface area contributed by atoms with Gasteiger partial charge in [0.05, 0.1) is 22.9 Å². The fraction of sp³-hybridized carbons (Fsp3) is 0.538. The number of alkyl halides is 1. The maximum atomic E-state index is 6.33. The summed E-state index contributed by atoms with van der Waals surface area (Å²) in [6.07, 6.45) is 0.510. The van der Waals surface area contributed by atoms with Crippen LogP contribution < -0.4 is 4.90 Å². The zero-order chi connectivity index (χ0) is 12.4. The van der Waals surface area contributed by atoms with Crippen molar-refractivity contribution >= 4 is 33.2 Å². The molecule has 1 aromatic rings. The van der Waals surface area contributed by atoms with Crippen LogP contribution in [-0.2, 0) is 10.1 Å². The summed E-state index contributed by atoms with van der Waals surface area (Å²) in [5, 5.41) is 1.66. The normalized spacial score (nSPS) is 25.1. The highest BCUT2D eigenvalue weighted by Crippen LogP contribution is 2.29. The summed E-state index contributed by atoms with van der Waals surface area (Å²) in [5.41, 5.74) is 2.31. The SMILES string of the molecule is CC1CN(c2ccc(CBr)cc2Cl)CC(C)O1. The van der Waals surface area contributed by atoms with Gasteiger partial charge >= 0.3 is 0 Å². The van der Waals surface area contributed by atoms with Crippen molar-refractivity contribution in [2.75, 3.05) is 18.0 Å². The maximum Gasteiger partial charge on any atom is 0.0726 e. The van der Waals surface area contributed by atoms with Crippen LogP contribution in [0.3, 0.4) is 0 Å². The molecular formula is C13H17BrClNO. The number of ether oxygens (including phenoxy) is 1. The molecule has 0 bridgehead atoms. The van der Waals surface area contributed by atoms with Crippen LogP contribution >= 0.6 is 27.5 Å². The minimum atomic E-state index is 0.255. The summed E-state index contributed by atoms with van der Waals surface area (Å²) >= 11 is 9.77. The molecule has 0 spiro atoms. The first-order chi connectivity index (χ1) is 8.10. The maximum absolute atomic E-state index is 6.33. The van der Waals surface area contributed by atoms with Crippen LogP contribution in [0, 0.1) is 0 Å². The lowest BCUT2D eigenvalue weighted by atomic mass is 10.1. The van der Waals surface area contributed by atoms with Crippen molar-refractivity contribution in [1.82, 2.24) is 0 Å². The van der Waals surface area contributed by atoms with Crippen molar-refractivity contribution in [3.8, 4) is 0 Å². The van der Waals surface area contributed by atoms with Gasteiger partial charge in [-0.2, -0.15) is 0 Å². The van der Waals surface area contributed by atoms with Gasteiger partial charge in [0.15, 0.2) is 0 Å². The van der Waals surface area contributed by atoms with Crippen molar-refractivity contribution in [3.05, 3.63) is 28.8 Å². The van der Waals surface area contributed by atoms with Crippen LogP contribution in [0.15, 0.2) is 18.2 Å². The standard InChI is InChI=1S/C13H17BrClNO/c1-9-7-16(8-10(2)17-9)13-4-3-11(6-14)5-12(13)15/h3-5,9-10H,6-8H2,1-2H3. The Hall–Kier alpha value is -0.250. The molecule has 0 amide bonds. The third-order valence-electron chi connectivity index (χ3n) is 2.93. The van der Waals surface area contributed by atoms with Gasteiger partial charge in [-0.1, -0.05) is 33.6 Å². The molecule has 2 nitrogen and oxygen atoms in total. The molecule has 4 heteroatoms. The minimum absolute atomic E-state index is 0.255. The number of hydrogen-bond donors (Lipinski definition) is 0. The van der Waals surface area contributed by atoms with Crippen molar-refractivity contribution in [2.45, 2.75) is 31.4 Å². The molecule has 1 fully saturated rings. The van der Waals surface area contributed by atoms with Crippen LogP contribution in [0.2, 0.25) is 5.02 Å². The molecular weight excluding hydrogens is 302 g/mol. The first kappa shape index (κ1) is 13.2. The lowest BCUT2D eigenvalue weighted by molar-refractivity contribution is -0.00520. The van der Waals surface area contributed by atoms with Gasteiger partial charge in [0.2, 0.25) is 0 Å². The van der Waals surface area contributed by atoms with E-state index in [1.165, 1.54) is 5.56 Å². The van der Waals surface area contributed by atoms with Crippen molar-refractivity contribution in [1.29, 1.82) is 0 Å². The van der Waals surface area contributed by atoms with E-state index in [-0.39, 0.29) is 12.2 Å². The van der Waals surface area contributed by atoms with Gasteiger partial charge in [0.1, 0.15) is 0 Å². The first-order valence-corrected chi connectivity index (χ1v) is 7.35. The molecule has 0 aromatic heterocycles. The quantitative estimate of drug-likeness (QED) is 0.768. The van der Waals surface area contributed by atoms with Crippen molar-refractivity contribution < 1.29 is 4.74 Å². The molecule has 2 unspecified atom stereocenters. The van der Waals surface area contributed by atoms with Gasteiger partial charge in [-0.3, -0.25) is 0 Å². The van der Waals surface area contributed by atoms with E-state index < -0.39 is 0 Å². The molecule has 1 heterocycles. The van der Waals surface area contributed by atoms with Gasteiger partial charge < -0.3 is 9.64 Å². The van der Waals surface area contributed by atoms with E-state index >= 15 is 0 Å². The van der Waals surface area contributed by atoms with Crippen LogP contribution in [0.5, 0.6) is 0 Å². The topological polar surface area (TPSA) is 12.5 Å². The highest BCUT2D eigenvalue weighted by molar-refractivity contribution is 9.08. The van der Waals surface area contributed by atoms with E-state index in [4.69, 9.17) is 16.3 Å². The number of hydrogen-bond acceptors (Lipinski definition) is 2. The van der Waals surface area contributed by atoms with Crippen LogP contribution in [0.1, 0.15) is 19.4 Å². The Morgan fingerprint density at radius 1 is 1.35 bits per heavy atom. The van der Waals surface area contributed by atoms with Crippen molar-refractivity contribution in [2.24, 2.45) is 0 Å². The number of rotatable bonds is 2. The minimum Gasteiger partial charge on any atom is -0.372 e. The van der Waals surface area contributed by atoms with Gasteiger partial charge in [-0.15, -0.1) is 0 Å². The average Bonchev–Trinajstić information content (AvgIpc) is 2.27. The van der Waals surface area contributed by atoms with Gasteiger partial charge in [-0.25, -0.2) is 0 Å². The highest BCUT2D eigenvalue weighted by Gasteiger charge is 2.23.